The van der Waals surface area contributed by atoms with Gasteiger partial charge in [0.15, 0.2) is 11.7 Å². The summed E-state index contributed by atoms with van der Waals surface area (Å²) in [5.74, 6) is -2.12. The van der Waals surface area contributed by atoms with Crippen molar-refractivity contribution in [3.05, 3.63) is 35.9 Å². The van der Waals surface area contributed by atoms with E-state index >= 15 is 0 Å². The minimum absolute atomic E-state index is 0.288. The SMILES string of the molecule is CC(=O)C1C(=O)C(C)N(Cc2ccccc2)C1=O. The largest absolute Gasteiger partial charge is 0.328 e. The smallest absolute Gasteiger partial charge is 0.241 e. The molecule has 0 aliphatic carbocycles. The summed E-state index contributed by atoms with van der Waals surface area (Å²) < 4.78 is 0. The van der Waals surface area contributed by atoms with E-state index in [1.54, 1.807) is 6.92 Å². The van der Waals surface area contributed by atoms with Crippen LogP contribution in [0.1, 0.15) is 19.4 Å². The van der Waals surface area contributed by atoms with Gasteiger partial charge >= 0.3 is 0 Å². The van der Waals surface area contributed by atoms with Crippen LogP contribution in [0.4, 0.5) is 0 Å². The topological polar surface area (TPSA) is 54.5 Å². The van der Waals surface area contributed by atoms with Crippen molar-refractivity contribution in [2.24, 2.45) is 5.92 Å². The molecule has 1 aliphatic rings. The van der Waals surface area contributed by atoms with E-state index in [1.165, 1.54) is 11.8 Å². The summed E-state index contributed by atoms with van der Waals surface area (Å²) in [7, 11) is 0. The Labute approximate surface area is 106 Å². The van der Waals surface area contributed by atoms with Crippen LogP contribution in [0.5, 0.6) is 0 Å². The van der Waals surface area contributed by atoms with Crippen LogP contribution in [0.2, 0.25) is 0 Å². The van der Waals surface area contributed by atoms with Gasteiger partial charge < -0.3 is 4.90 Å². The zero-order valence-electron chi connectivity index (χ0n) is 10.4. The Kier molecular flexibility index (Phi) is 3.28. The van der Waals surface area contributed by atoms with Crippen molar-refractivity contribution < 1.29 is 14.4 Å². The number of hydrogen-bond donors (Lipinski definition) is 0. The molecule has 2 rings (SSSR count). The van der Waals surface area contributed by atoms with Crippen molar-refractivity contribution in [2.75, 3.05) is 0 Å². The van der Waals surface area contributed by atoms with Crippen molar-refractivity contribution in [2.45, 2.75) is 26.4 Å². The van der Waals surface area contributed by atoms with E-state index in [1.807, 2.05) is 30.3 Å². The zero-order chi connectivity index (χ0) is 13.3. The highest BCUT2D eigenvalue weighted by Gasteiger charge is 2.47. The molecule has 1 aromatic carbocycles. The Morgan fingerprint density at radius 3 is 2.33 bits per heavy atom. The Morgan fingerprint density at radius 2 is 1.83 bits per heavy atom. The highest BCUT2D eigenvalue weighted by atomic mass is 16.2. The lowest BCUT2D eigenvalue weighted by Crippen LogP contribution is -2.33. The molecule has 4 nitrogen and oxygen atoms in total. The van der Waals surface area contributed by atoms with Crippen LogP contribution in [0.15, 0.2) is 30.3 Å². The lowest BCUT2D eigenvalue weighted by atomic mass is 10.0. The number of Topliss-reactive ketones (excluding diaryl/α,β-unsaturated/α-hetero) is 2. The van der Waals surface area contributed by atoms with Gasteiger partial charge in [0, 0.05) is 6.54 Å². The molecule has 1 saturated heterocycles. The molecule has 0 saturated carbocycles. The molecular formula is C14H15NO3. The molecule has 0 bridgehead atoms. The van der Waals surface area contributed by atoms with E-state index in [0.717, 1.165) is 5.56 Å². The van der Waals surface area contributed by atoms with Gasteiger partial charge in [0.2, 0.25) is 5.91 Å². The second kappa shape index (κ2) is 4.72. The minimum Gasteiger partial charge on any atom is -0.328 e. The molecule has 1 aliphatic heterocycles. The van der Waals surface area contributed by atoms with Crippen molar-refractivity contribution in [3.63, 3.8) is 0 Å². The number of rotatable bonds is 3. The number of benzene rings is 1. The highest BCUT2D eigenvalue weighted by molar-refractivity contribution is 6.23. The van der Waals surface area contributed by atoms with Gasteiger partial charge in [0.05, 0.1) is 6.04 Å². The van der Waals surface area contributed by atoms with Gasteiger partial charge in [-0.1, -0.05) is 30.3 Å². The van der Waals surface area contributed by atoms with Crippen molar-refractivity contribution in [1.82, 2.24) is 4.90 Å². The van der Waals surface area contributed by atoms with Crippen LogP contribution in [-0.4, -0.2) is 28.4 Å². The van der Waals surface area contributed by atoms with E-state index in [9.17, 15) is 14.4 Å². The van der Waals surface area contributed by atoms with Crippen LogP contribution < -0.4 is 0 Å². The third-order valence-electron chi connectivity index (χ3n) is 3.30. The lowest BCUT2D eigenvalue weighted by Gasteiger charge is -2.20. The number of nitrogens with zero attached hydrogens (tertiary/aromatic N) is 1. The lowest BCUT2D eigenvalue weighted by molar-refractivity contribution is -0.138. The molecule has 1 aromatic rings. The average molecular weight is 245 g/mol. The quantitative estimate of drug-likeness (QED) is 0.752. The van der Waals surface area contributed by atoms with Gasteiger partial charge in [-0.05, 0) is 19.4 Å². The molecule has 0 N–H and O–H groups in total. The summed E-state index contributed by atoms with van der Waals surface area (Å²) in [6, 6.07) is 8.92. The molecule has 1 amide bonds. The maximum absolute atomic E-state index is 12.1. The van der Waals surface area contributed by atoms with Gasteiger partial charge in [-0.25, -0.2) is 0 Å². The van der Waals surface area contributed by atoms with Crippen LogP contribution in [0.25, 0.3) is 0 Å². The minimum atomic E-state index is -1.09. The van der Waals surface area contributed by atoms with Gasteiger partial charge in [-0.2, -0.15) is 0 Å². The summed E-state index contributed by atoms with van der Waals surface area (Å²) in [4.78, 5) is 36.7. The fourth-order valence-electron chi connectivity index (χ4n) is 2.24. The molecule has 0 aromatic heterocycles. The molecule has 2 atom stereocenters. The fraction of sp³-hybridized carbons (Fsp3) is 0.357. The first-order valence-corrected chi connectivity index (χ1v) is 5.91. The Morgan fingerprint density at radius 1 is 1.22 bits per heavy atom. The molecule has 0 radical (unpaired) electrons. The second-order valence-corrected chi connectivity index (χ2v) is 4.57. The van der Waals surface area contributed by atoms with Gasteiger partial charge in [-0.15, -0.1) is 0 Å². The van der Waals surface area contributed by atoms with E-state index in [0.29, 0.717) is 6.54 Å². The molecule has 4 heteroatoms. The number of ketones is 2. The number of amides is 1. The summed E-state index contributed by atoms with van der Waals surface area (Å²) in [6.45, 7) is 3.33. The predicted molar refractivity (Wildman–Crippen MR) is 65.6 cm³/mol. The predicted octanol–water partition coefficient (Wildman–Crippen LogP) is 1.19. The standard InChI is InChI=1S/C14H15NO3/c1-9-13(17)12(10(2)16)14(18)15(9)8-11-6-4-3-5-7-11/h3-7,9,12H,8H2,1-2H3. The molecule has 1 heterocycles. The zero-order valence-corrected chi connectivity index (χ0v) is 10.4. The first-order chi connectivity index (χ1) is 8.52. The number of carbonyl (C=O) groups is 3. The third kappa shape index (κ3) is 2.06. The molecule has 0 spiro atoms. The van der Waals surface area contributed by atoms with Crippen molar-refractivity contribution >= 4 is 17.5 Å². The van der Waals surface area contributed by atoms with Crippen molar-refractivity contribution in [3.8, 4) is 0 Å². The van der Waals surface area contributed by atoms with Gasteiger partial charge in [0.25, 0.3) is 0 Å². The molecule has 1 fully saturated rings. The fourth-order valence-corrected chi connectivity index (χ4v) is 2.24. The Hall–Kier alpha value is -1.97. The Bertz CT molecular complexity index is 495. The Balaban J connectivity index is 2.22. The second-order valence-electron chi connectivity index (χ2n) is 4.57. The first kappa shape index (κ1) is 12.5. The van der Waals surface area contributed by atoms with E-state index in [4.69, 9.17) is 0 Å². The molecule has 18 heavy (non-hydrogen) atoms. The monoisotopic (exact) mass is 245 g/mol. The van der Waals surface area contributed by atoms with Gasteiger partial charge in [0.1, 0.15) is 5.78 Å². The number of hydrogen-bond acceptors (Lipinski definition) is 3. The maximum atomic E-state index is 12.1. The highest BCUT2D eigenvalue weighted by Crippen LogP contribution is 2.24. The summed E-state index contributed by atoms with van der Waals surface area (Å²) in [6.07, 6.45) is 0. The average Bonchev–Trinajstić information content (AvgIpc) is 2.55. The molecule has 94 valence electrons. The normalized spacial score (nSPS) is 23.6. The maximum Gasteiger partial charge on any atom is 0.241 e. The number of carbonyl (C=O) groups excluding carboxylic acids is 3. The van der Waals surface area contributed by atoms with Crippen LogP contribution in [-0.2, 0) is 20.9 Å². The van der Waals surface area contributed by atoms with Crippen LogP contribution in [0, 0.1) is 5.92 Å². The summed E-state index contributed by atoms with van der Waals surface area (Å²) in [5.41, 5.74) is 0.953. The van der Waals surface area contributed by atoms with Crippen molar-refractivity contribution in [1.29, 1.82) is 0 Å². The number of likely N-dealkylation sites (tertiary alicyclic amines) is 1. The van der Waals surface area contributed by atoms with E-state index in [-0.39, 0.29) is 17.5 Å². The first-order valence-electron chi connectivity index (χ1n) is 5.91. The van der Waals surface area contributed by atoms with E-state index in [2.05, 4.69) is 0 Å². The van der Waals surface area contributed by atoms with E-state index < -0.39 is 12.0 Å². The van der Waals surface area contributed by atoms with Crippen LogP contribution >= 0.6 is 0 Å². The summed E-state index contributed by atoms with van der Waals surface area (Å²) >= 11 is 0. The third-order valence-corrected chi connectivity index (χ3v) is 3.30. The molecule has 2 unspecified atom stereocenters. The summed E-state index contributed by atoms with van der Waals surface area (Å²) in [5, 5.41) is 0. The van der Waals surface area contributed by atoms with Gasteiger partial charge in [-0.3, -0.25) is 14.4 Å². The van der Waals surface area contributed by atoms with Crippen LogP contribution in [0.3, 0.4) is 0 Å². The molecular weight excluding hydrogens is 230 g/mol.